The second kappa shape index (κ2) is 8.63. The maximum Gasteiger partial charge on any atom is 0.243 e. The van der Waals surface area contributed by atoms with E-state index in [0.29, 0.717) is 31.2 Å². The van der Waals surface area contributed by atoms with Crippen LogP contribution in [0.3, 0.4) is 0 Å². The zero-order valence-electron chi connectivity index (χ0n) is 12.0. The summed E-state index contributed by atoms with van der Waals surface area (Å²) in [5.41, 5.74) is 0. The van der Waals surface area contributed by atoms with Crippen LogP contribution in [0.1, 0.15) is 0 Å². The molecular weight excluding hydrogens is 298 g/mol. The number of hydrogen-bond donors (Lipinski definition) is 0. The Morgan fingerprint density at radius 1 is 1.05 bits per heavy atom. The third kappa shape index (κ3) is 4.75. The van der Waals surface area contributed by atoms with Gasteiger partial charge in [-0.1, -0.05) is 0 Å². The number of thioether (sulfide) groups is 1. The molecule has 1 rings (SSSR count). The number of rotatable bonds is 9. The maximum absolute atomic E-state index is 12.6. The lowest BCUT2D eigenvalue weighted by Crippen LogP contribution is -2.36. The first-order valence-electron chi connectivity index (χ1n) is 6.18. The Morgan fingerprint density at radius 2 is 1.55 bits per heavy atom. The summed E-state index contributed by atoms with van der Waals surface area (Å²) in [7, 11) is -0.406. The van der Waals surface area contributed by atoms with E-state index in [9.17, 15) is 8.42 Å². The minimum absolute atomic E-state index is 0.294. The number of hydrogen-bond acceptors (Lipinski definition) is 5. The second-order valence-corrected chi connectivity index (χ2v) is 6.88. The van der Waals surface area contributed by atoms with Gasteiger partial charge in [-0.15, -0.1) is 11.8 Å². The predicted molar refractivity (Wildman–Crippen MR) is 80.7 cm³/mol. The van der Waals surface area contributed by atoms with Gasteiger partial charge in [-0.2, -0.15) is 4.31 Å². The molecule has 0 saturated heterocycles. The first-order valence-corrected chi connectivity index (χ1v) is 8.84. The molecule has 114 valence electrons. The summed E-state index contributed by atoms with van der Waals surface area (Å²) in [5, 5.41) is 0. The highest BCUT2D eigenvalue weighted by Gasteiger charge is 2.23. The summed E-state index contributed by atoms with van der Waals surface area (Å²) in [6.45, 7) is 1.33. The van der Waals surface area contributed by atoms with Gasteiger partial charge >= 0.3 is 0 Å². The molecule has 0 fully saturated rings. The fraction of sp³-hybridized carbons (Fsp3) is 0.538. The fourth-order valence-electron chi connectivity index (χ4n) is 1.64. The largest absolute Gasteiger partial charge is 0.383 e. The van der Waals surface area contributed by atoms with Crippen molar-refractivity contribution in [1.82, 2.24) is 4.31 Å². The average molecular weight is 319 g/mol. The van der Waals surface area contributed by atoms with E-state index < -0.39 is 10.0 Å². The van der Waals surface area contributed by atoms with Crippen LogP contribution in [0.5, 0.6) is 0 Å². The molecule has 5 nitrogen and oxygen atoms in total. The third-order valence-corrected chi connectivity index (χ3v) is 5.44. The molecule has 0 aliphatic rings. The van der Waals surface area contributed by atoms with E-state index in [2.05, 4.69) is 0 Å². The van der Waals surface area contributed by atoms with Crippen LogP contribution in [-0.2, 0) is 19.5 Å². The van der Waals surface area contributed by atoms with E-state index in [1.165, 1.54) is 4.31 Å². The van der Waals surface area contributed by atoms with Crippen molar-refractivity contribution in [3.8, 4) is 0 Å². The third-order valence-electron chi connectivity index (χ3n) is 2.79. The highest BCUT2D eigenvalue weighted by molar-refractivity contribution is 7.98. The maximum atomic E-state index is 12.6. The van der Waals surface area contributed by atoms with Crippen LogP contribution in [0, 0.1) is 0 Å². The van der Waals surface area contributed by atoms with Crippen molar-refractivity contribution in [2.24, 2.45) is 0 Å². The lowest BCUT2D eigenvalue weighted by Gasteiger charge is -2.21. The first-order chi connectivity index (χ1) is 9.56. The summed E-state index contributed by atoms with van der Waals surface area (Å²) in [4.78, 5) is 1.33. The molecule has 1 aromatic carbocycles. The lowest BCUT2D eigenvalue weighted by molar-refractivity contribution is 0.150. The van der Waals surface area contributed by atoms with Gasteiger partial charge in [0.2, 0.25) is 10.0 Å². The van der Waals surface area contributed by atoms with Crippen molar-refractivity contribution in [1.29, 1.82) is 0 Å². The normalized spacial score (nSPS) is 12.0. The predicted octanol–water partition coefficient (Wildman–Crippen LogP) is 1.69. The summed E-state index contributed by atoms with van der Waals surface area (Å²) < 4.78 is 36.4. The SMILES string of the molecule is COCCN(CCOC)S(=O)(=O)c1ccc(SC)cc1. The molecule has 0 amide bonds. The zero-order chi connectivity index (χ0) is 15.0. The molecule has 20 heavy (non-hydrogen) atoms. The summed E-state index contributed by atoms with van der Waals surface area (Å²) >= 11 is 1.58. The molecule has 1 aromatic rings. The second-order valence-electron chi connectivity index (χ2n) is 4.07. The van der Waals surface area contributed by atoms with Gasteiger partial charge in [0.1, 0.15) is 0 Å². The Bertz CT molecular complexity index is 480. The molecule has 0 unspecified atom stereocenters. The molecule has 0 radical (unpaired) electrons. The van der Waals surface area contributed by atoms with Crippen LogP contribution in [0.15, 0.2) is 34.1 Å². The Morgan fingerprint density at radius 3 is 1.95 bits per heavy atom. The van der Waals surface area contributed by atoms with Crippen LogP contribution in [0.4, 0.5) is 0 Å². The van der Waals surface area contributed by atoms with Gasteiger partial charge in [-0.3, -0.25) is 0 Å². The molecule has 0 atom stereocenters. The first kappa shape index (κ1) is 17.5. The van der Waals surface area contributed by atoms with Crippen LogP contribution in [-0.4, -0.2) is 59.5 Å². The monoisotopic (exact) mass is 319 g/mol. The number of sulfonamides is 1. The average Bonchev–Trinajstić information content (AvgIpc) is 2.47. The highest BCUT2D eigenvalue weighted by atomic mass is 32.2. The quantitative estimate of drug-likeness (QED) is 0.648. The summed E-state index contributed by atoms with van der Waals surface area (Å²) in [6, 6.07) is 6.88. The fourth-order valence-corrected chi connectivity index (χ4v) is 3.45. The standard InChI is InChI=1S/C13H21NO4S2/c1-17-10-8-14(9-11-18-2)20(15,16)13-6-4-12(19-3)5-7-13/h4-7H,8-11H2,1-3H3. The highest BCUT2D eigenvalue weighted by Crippen LogP contribution is 2.20. The molecule has 0 N–H and O–H groups in total. The van der Waals surface area contributed by atoms with Crippen molar-refractivity contribution >= 4 is 21.8 Å². The number of methoxy groups -OCH3 is 2. The number of nitrogens with zero attached hydrogens (tertiary/aromatic N) is 1. The van der Waals surface area contributed by atoms with Gasteiger partial charge in [0.15, 0.2) is 0 Å². The van der Waals surface area contributed by atoms with Crippen molar-refractivity contribution < 1.29 is 17.9 Å². The van der Waals surface area contributed by atoms with Crippen LogP contribution in [0.25, 0.3) is 0 Å². The summed E-state index contributed by atoms with van der Waals surface area (Å²) in [6.07, 6.45) is 1.95. The van der Waals surface area contributed by atoms with Crippen molar-refractivity contribution in [3.05, 3.63) is 24.3 Å². The van der Waals surface area contributed by atoms with E-state index in [1.807, 2.05) is 18.4 Å². The Labute approximate surface area is 125 Å². The molecule has 7 heteroatoms. The number of ether oxygens (including phenoxy) is 2. The minimum Gasteiger partial charge on any atom is -0.383 e. The molecule has 0 aliphatic carbocycles. The van der Waals surface area contributed by atoms with Gasteiger partial charge in [-0.25, -0.2) is 8.42 Å². The topological polar surface area (TPSA) is 55.8 Å². The van der Waals surface area contributed by atoms with Gasteiger partial charge in [0.25, 0.3) is 0 Å². The van der Waals surface area contributed by atoms with Crippen molar-refractivity contribution in [3.63, 3.8) is 0 Å². The Balaban J connectivity index is 2.94. The van der Waals surface area contributed by atoms with Gasteiger partial charge in [0, 0.05) is 32.2 Å². The number of benzene rings is 1. The van der Waals surface area contributed by atoms with Crippen LogP contribution >= 0.6 is 11.8 Å². The van der Waals surface area contributed by atoms with Gasteiger partial charge in [-0.05, 0) is 30.5 Å². The molecule has 0 bridgehead atoms. The smallest absolute Gasteiger partial charge is 0.243 e. The zero-order valence-corrected chi connectivity index (χ0v) is 13.7. The van der Waals surface area contributed by atoms with Gasteiger partial charge < -0.3 is 9.47 Å². The summed E-state index contributed by atoms with van der Waals surface area (Å²) in [5.74, 6) is 0. The van der Waals surface area contributed by atoms with Crippen LogP contribution < -0.4 is 0 Å². The van der Waals surface area contributed by atoms with E-state index in [0.717, 1.165) is 4.90 Å². The van der Waals surface area contributed by atoms with E-state index >= 15 is 0 Å². The van der Waals surface area contributed by atoms with Gasteiger partial charge in [0.05, 0.1) is 18.1 Å². The molecule has 0 spiro atoms. The Kier molecular flexibility index (Phi) is 7.53. The lowest BCUT2D eigenvalue weighted by atomic mass is 10.4. The molecule has 0 saturated carbocycles. The molecule has 0 aliphatic heterocycles. The van der Waals surface area contributed by atoms with E-state index in [4.69, 9.17) is 9.47 Å². The molecule has 0 heterocycles. The van der Waals surface area contributed by atoms with E-state index in [-0.39, 0.29) is 0 Å². The molecule has 0 aromatic heterocycles. The minimum atomic E-state index is -3.51. The van der Waals surface area contributed by atoms with Crippen molar-refractivity contribution in [2.45, 2.75) is 9.79 Å². The van der Waals surface area contributed by atoms with Crippen molar-refractivity contribution in [2.75, 3.05) is 46.8 Å². The Hall–Kier alpha value is -0.600. The van der Waals surface area contributed by atoms with E-state index in [1.54, 1.807) is 38.1 Å². The van der Waals surface area contributed by atoms with Crippen LogP contribution in [0.2, 0.25) is 0 Å². The molecular formula is C13H21NO4S2.